The van der Waals surface area contributed by atoms with E-state index in [0.717, 1.165) is 17.5 Å². The molecule has 2 aliphatic heterocycles. The Morgan fingerprint density at radius 1 is 0.721 bits per heavy atom. The Hall–Kier alpha value is -2.94. The highest BCUT2D eigenvalue weighted by molar-refractivity contribution is 5.95. The first kappa shape index (κ1) is 34.5. The molecule has 2 aliphatic rings. The third kappa shape index (κ3) is 8.58. The molecule has 2 fully saturated rings. The highest BCUT2D eigenvalue weighted by atomic mass is 16.5. The highest BCUT2D eigenvalue weighted by Gasteiger charge is 2.44. The molecule has 10 atom stereocenters. The molecule has 238 valence electrons. The maximum atomic E-state index is 12.3. The lowest BCUT2D eigenvalue weighted by Gasteiger charge is -2.41. The SMILES string of the molecule is CCc1ccc(C(=O)NC2C(C)OC(CO)C(O)C2O)cc1.Cc1cccc(C(=O)NC2C(C)OC(CO)C(O)C2O)c1. The van der Waals surface area contributed by atoms with Crippen LogP contribution in [0.4, 0.5) is 0 Å². The smallest absolute Gasteiger partial charge is 0.251 e. The molecule has 2 aromatic carbocycles. The maximum absolute atomic E-state index is 12.3. The quantitative estimate of drug-likeness (QED) is 0.203. The van der Waals surface area contributed by atoms with Crippen LogP contribution in [0.5, 0.6) is 0 Å². The summed E-state index contributed by atoms with van der Waals surface area (Å²) in [5, 5.41) is 63.6. The first-order valence-electron chi connectivity index (χ1n) is 14.4. The molecule has 4 rings (SSSR count). The van der Waals surface area contributed by atoms with Gasteiger partial charge in [0, 0.05) is 11.1 Å². The minimum atomic E-state index is -1.24. The van der Waals surface area contributed by atoms with Crippen LogP contribution in [0.1, 0.15) is 52.6 Å². The molecule has 0 saturated carbocycles. The van der Waals surface area contributed by atoms with Crippen LogP contribution in [0, 0.1) is 6.92 Å². The molecule has 10 unspecified atom stereocenters. The molecule has 8 N–H and O–H groups in total. The summed E-state index contributed by atoms with van der Waals surface area (Å²) in [5.74, 6) is -0.676. The fourth-order valence-corrected chi connectivity index (χ4v) is 5.16. The van der Waals surface area contributed by atoms with Crippen LogP contribution >= 0.6 is 0 Å². The van der Waals surface area contributed by atoms with Crippen LogP contribution in [0.15, 0.2) is 48.5 Å². The van der Waals surface area contributed by atoms with Gasteiger partial charge < -0.3 is 50.7 Å². The zero-order valence-electron chi connectivity index (χ0n) is 24.8. The first-order chi connectivity index (χ1) is 20.4. The van der Waals surface area contributed by atoms with E-state index in [1.165, 1.54) is 0 Å². The predicted octanol–water partition coefficient (Wildman–Crippen LogP) is -0.556. The lowest BCUT2D eigenvalue weighted by atomic mass is 9.93. The van der Waals surface area contributed by atoms with Gasteiger partial charge in [-0.2, -0.15) is 0 Å². The largest absolute Gasteiger partial charge is 0.394 e. The van der Waals surface area contributed by atoms with Crippen molar-refractivity contribution in [1.29, 1.82) is 0 Å². The summed E-state index contributed by atoms with van der Waals surface area (Å²) in [6.07, 6.45) is -6.71. The molecule has 0 spiro atoms. The average molecular weight is 605 g/mol. The fourth-order valence-electron chi connectivity index (χ4n) is 5.16. The number of amides is 2. The Bertz CT molecular complexity index is 1200. The molecule has 12 heteroatoms. The van der Waals surface area contributed by atoms with Gasteiger partial charge in [0.2, 0.25) is 0 Å². The van der Waals surface area contributed by atoms with Crippen molar-refractivity contribution in [2.75, 3.05) is 13.2 Å². The van der Waals surface area contributed by atoms with E-state index in [-0.39, 0.29) is 25.0 Å². The number of nitrogens with one attached hydrogen (secondary N) is 2. The van der Waals surface area contributed by atoms with Crippen LogP contribution in [-0.2, 0) is 15.9 Å². The van der Waals surface area contributed by atoms with Crippen LogP contribution in [0.25, 0.3) is 0 Å². The second kappa shape index (κ2) is 15.7. The van der Waals surface area contributed by atoms with Gasteiger partial charge in [-0.15, -0.1) is 0 Å². The van der Waals surface area contributed by atoms with Crippen molar-refractivity contribution in [3.8, 4) is 0 Å². The third-order valence-corrected chi connectivity index (χ3v) is 7.85. The highest BCUT2D eigenvalue weighted by Crippen LogP contribution is 2.22. The number of aryl methyl sites for hydroxylation is 2. The molecular formula is C31H44N2O10. The van der Waals surface area contributed by atoms with Crippen LogP contribution in [0.3, 0.4) is 0 Å². The normalized spacial score (nSPS) is 32.2. The summed E-state index contributed by atoms with van der Waals surface area (Å²) in [5.41, 5.74) is 3.05. The summed E-state index contributed by atoms with van der Waals surface area (Å²) in [7, 11) is 0. The molecule has 0 aromatic heterocycles. The number of aliphatic hydroxyl groups is 6. The molecular weight excluding hydrogens is 560 g/mol. The summed E-state index contributed by atoms with van der Waals surface area (Å²) in [6, 6.07) is 12.8. The Morgan fingerprint density at radius 3 is 1.60 bits per heavy atom. The Balaban J connectivity index is 0.000000236. The predicted molar refractivity (Wildman–Crippen MR) is 156 cm³/mol. The second-order valence-electron chi connectivity index (χ2n) is 11.0. The van der Waals surface area contributed by atoms with Gasteiger partial charge in [0.25, 0.3) is 11.8 Å². The summed E-state index contributed by atoms with van der Waals surface area (Å²) < 4.78 is 10.8. The van der Waals surface area contributed by atoms with Gasteiger partial charge in [-0.25, -0.2) is 0 Å². The monoisotopic (exact) mass is 604 g/mol. The van der Waals surface area contributed by atoms with Gasteiger partial charge in [0.1, 0.15) is 36.6 Å². The molecule has 0 radical (unpaired) electrons. The minimum Gasteiger partial charge on any atom is -0.394 e. The van der Waals surface area contributed by atoms with Gasteiger partial charge in [-0.3, -0.25) is 9.59 Å². The molecule has 2 heterocycles. The summed E-state index contributed by atoms with van der Waals surface area (Å²) in [6.45, 7) is 6.50. The second-order valence-corrected chi connectivity index (χ2v) is 11.0. The third-order valence-electron chi connectivity index (χ3n) is 7.85. The van der Waals surface area contributed by atoms with Gasteiger partial charge >= 0.3 is 0 Å². The van der Waals surface area contributed by atoms with Crippen molar-refractivity contribution in [3.63, 3.8) is 0 Å². The molecule has 2 amide bonds. The number of carbonyl (C=O) groups excluding carboxylic acids is 2. The molecule has 43 heavy (non-hydrogen) atoms. The number of aliphatic hydroxyl groups excluding tert-OH is 6. The summed E-state index contributed by atoms with van der Waals surface area (Å²) in [4.78, 5) is 24.5. The number of ether oxygens (including phenoxy) is 2. The number of rotatable bonds is 7. The van der Waals surface area contributed by atoms with E-state index in [2.05, 4.69) is 10.6 Å². The van der Waals surface area contributed by atoms with Gasteiger partial charge in [-0.1, -0.05) is 36.8 Å². The number of carbonyl (C=O) groups is 2. The molecule has 2 aromatic rings. The lowest BCUT2D eigenvalue weighted by molar-refractivity contribution is -0.187. The zero-order chi connectivity index (χ0) is 31.8. The van der Waals surface area contributed by atoms with E-state index in [1.54, 1.807) is 44.2 Å². The number of benzene rings is 2. The lowest BCUT2D eigenvalue weighted by Crippen LogP contribution is -2.63. The van der Waals surface area contributed by atoms with Crippen LogP contribution < -0.4 is 10.6 Å². The molecule has 2 saturated heterocycles. The van der Waals surface area contributed by atoms with Crippen molar-refractivity contribution < 1.29 is 49.7 Å². The summed E-state index contributed by atoms with van der Waals surface area (Å²) >= 11 is 0. The Morgan fingerprint density at radius 2 is 1.19 bits per heavy atom. The Labute approximate surface area is 251 Å². The fraction of sp³-hybridized carbons (Fsp3) is 0.548. The minimum absolute atomic E-state index is 0.336. The maximum Gasteiger partial charge on any atom is 0.251 e. The van der Waals surface area contributed by atoms with Crippen molar-refractivity contribution in [3.05, 3.63) is 70.8 Å². The standard InChI is InChI=1S/C16H23NO5.C15H21NO5/c1-3-10-4-6-11(7-5-10)16(21)17-13-9(2)22-12(8-18)14(19)15(13)20;1-8-4-3-5-10(6-8)15(20)16-12-9(2)21-11(7-17)13(18)14(12)19/h4-7,9,12-15,18-20H,3,8H2,1-2H3,(H,17,21);3-6,9,11-14,17-19H,7H2,1-2H3,(H,16,20). The Kier molecular flexibility index (Phi) is 12.6. The molecule has 0 bridgehead atoms. The molecule has 0 aliphatic carbocycles. The van der Waals surface area contributed by atoms with E-state index in [9.17, 15) is 30.0 Å². The van der Waals surface area contributed by atoms with Gasteiger partial charge in [0.15, 0.2) is 0 Å². The number of hydrogen-bond acceptors (Lipinski definition) is 10. The topological polar surface area (TPSA) is 198 Å². The van der Waals surface area contributed by atoms with E-state index >= 15 is 0 Å². The van der Waals surface area contributed by atoms with Gasteiger partial charge in [-0.05, 0) is 57.0 Å². The van der Waals surface area contributed by atoms with E-state index in [4.69, 9.17) is 19.7 Å². The van der Waals surface area contributed by atoms with Crippen molar-refractivity contribution in [1.82, 2.24) is 10.6 Å². The van der Waals surface area contributed by atoms with Crippen molar-refractivity contribution in [2.24, 2.45) is 0 Å². The van der Waals surface area contributed by atoms with Gasteiger partial charge in [0.05, 0.1) is 37.5 Å². The molecule has 12 nitrogen and oxygen atoms in total. The van der Waals surface area contributed by atoms with Crippen molar-refractivity contribution >= 4 is 11.8 Å². The van der Waals surface area contributed by atoms with E-state index in [0.29, 0.717) is 11.1 Å². The van der Waals surface area contributed by atoms with Crippen LogP contribution in [-0.4, -0.2) is 117 Å². The van der Waals surface area contributed by atoms with E-state index < -0.39 is 60.9 Å². The average Bonchev–Trinajstić information content (AvgIpc) is 3.01. The first-order valence-corrected chi connectivity index (χ1v) is 14.4. The van der Waals surface area contributed by atoms with Crippen molar-refractivity contribution in [2.45, 2.75) is 95.0 Å². The van der Waals surface area contributed by atoms with E-state index in [1.807, 2.05) is 32.0 Å². The van der Waals surface area contributed by atoms with Crippen LogP contribution in [0.2, 0.25) is 0 Å². The zero-order valence-corrected chi connectivity index (χ0v) is 24.8. The number of hydrogen-bond donors (Lipinski definition) is 8.